The van der Waals surface area contributed by atoms with Crippen LogP contribution in [0.25, 0.3) is 5.69 Å². The molecule has 1 N–H and O–H groups in total. The van der Waals surface area contributed by atoms with Gasteiger partial charge in [-0.1, -0.05) is 0 Å². The summed E-state index contributed by atoms with van der Waals surface area (Å²) >= 11 is 3.35. The van der Waals surface area contributed by atoms with Gasteiger partial charge < -0.3 is 5.11 Å². The second-order valence-corrected chi connectivity index (χ2v) is 4.96. The van der Waals surface area contributed by atoms with Gasteiger partial charge in [-0.15, -0.1) is 0 Å². The molecule has 0 fully saturated rings. The van der Waals surface area contributed by atoms with Gasteiger partial charge in [-0.05, 0) is 41.9 Å². The van der Waals surface area contributed by atoms with Crippen LogP contribution in [0, 0.1) is 24.0 Å². The third-order valence-corrected chi connectivity index (χ3v) is 4.00. The van der Waals surface area contributed by atoms with Crippen LogP contribution in [0.2, 0.25) is 0 Å². The van der Waals surface area contributed by atoms with Gasteiger partial charge in [-0.25, -0.2) is 9.48 Å². The van der Waals surface area contributed by atoms with E-state index in [9.17, 15) is 14.9 Å². The lowest BCUT2D eigenvalue weighted by Crippen LogP contribution is -2.06. The third kappa shape index (κ3) is 2.29. The molecule has 104 valence electrons. The van der Waals surface area contributed by atoms with Crippen LogP contribution in [0.3, 0.4) is 0 Å². The van der Waals surface area contributed by atoms with Crippen molar-refractivity contribution in [2.75, 3.05) is 0 Å². The largest absolute Gasteiger partial charge is 0.478 e. The van der Waals surface area contributed by atoms with Crippen LogP contribution in [0.1, 0.15) is 21.7 Å². The maximum absolute atomic E-state index is 11.1. The van der Waals surface area contributed by atoms with Crippen molar-refractivity contribution in [1.82, 2.24) is 9.78 Å². The molecule has 2 aromatic rings. The van der Waals surface area contributed by atoms with E-state index in [2.05, 4.69) is 21.0 Å². The smallest absolute Gasteiger partial charge is 0.335 e. The second-order valence-electron chi connectivity index (χ2n) is 4.16. The van der Waals surface area contributed by atoms with Crippen LogP contribution in [-0.2, 0) is 0 Å². The number of benzene rings is 1. The molecule has 0 aliphatic heterocycles. The minimum absolute atomic E-state index is 0.138. The average Bonchev–Trinajstić information content (AvgIpc) is 2.65. The Labute approximate surface area is 122 Å². The summed E-state index contributed by atoms with van der Waals surface area (Å²) in [4.78, 5) is 21.4. The standard InChI is InChI=1S/C12H10BrN3O4/c1-6-11(13)7(2)15(14-6)9-4-3-8(12(17)18)5-10(9)16(19)20/h3-5H,1-2H3,(H,17,18). The first-order chi connectivity index (χ1) is 9.32. The van der Waals surface area contributed by atoms with E-state index < -0.39 is 10.9 Å². The van der Waals surface area contributed by atoms with Crippen molar-refractivity contribution in [3.63, 3.8) is 0 Å². The number of halogens is 1. The monoisotopic (exact) mass is 339 g/mol. The molecule has 1 aromatic heterocycles. The summed E-state index contributed by atoms with van der Waals surface area (Å²) in [6.45, 7) is 3.53. The Hall–Kier alpha value is -2.22. The fraction of sp³-hybridized carbons (Fsp3) is 0.167. The summed E-state index contributed by atoms with van der Waals surface area (Å²) in [6, 6.07) is 3.73. The zero-order valence-corrected chi connectivity index (χ0v) is 12.2. The quantitative estimate of drug-likeness (QED) is 0.684. The summed E-state index contributed by atoms with van der Waals surface area (Å²) in [5, 5.41) is 24.3. The lowest BCUT2D eigenvalue weighted by Gasteiger charge is -2.06. The van der Waals surface area contributed by atoms with Gasteiger partial charge in [-0.2, -0.15) is 5.10 Å². The lowest BCUT2D eigenvalue weighted by atomic mass is 10.1. The highest BCUT2D eigenvalue weighted by Gasteiger charge is 2.21. The Morgan fingerprint density at radius 1 is 1.45 bits per heavy atom. The molecule has 8 heteroatoms. The molecule has 0 atom stereocenters. The molecule has 0 radical (unpaired) electrons. The van der Waals surface area contributed by atoms with E-state index in [0.29, 0.717) is 11.4 Å². The van der Waals surface area contributed by atoms with Crippen molar-refractivity contribution in [3.8, 4) is 5.69 Å². The molecular formula is C12H10BrN3O4. The van der Waals surface area contributed by atoms with Crippen LogP contribution in [-0.4, -0.2) is 25.8 Å². The van der Waals surface area contributed by atoms with Crippen LogP contribution >= 0.6 is 15.9 Å². The fourth-order valence-electron chi connectivity index (χ4n) is 1.84. The third-order valence-electron chi connectivity index (χ3n) is 2.85. The van der Waals surface area contributed by atoms with E-state index in [1.165, 1.54) is 16.8 Å². The normalized spacial score (nSPS) is 10.6. The molecule has 1 aromatic carbocycles. The number of nitro groups is 1. The number of carboxylic acid groups (broad SMARTS) is 1. The summed E-state index contributed by atoms with van der Waals surface area (Å²) < 4.78 is 2.18. The summed E-state index contributed by atoms with van der Waals surface area (Å²) in [5.41, 5.74) is 1.18. The zero-order valence-electron chi connectivity index (χ0n) is 10.6. The first-order valence-corrected chi connectivity index (χ1v) is 6.36. The molecule has 0 bridgehead atoms. The highest BCUT2D eigenvalue weighted by Crippen LogP contribution is 2.29. The van der Waals surface area contributed by atoms with Crippen molar-refractivity contribution >= 4 is 27.6 Å². The summed E-state index contributed by atoms with van der Waals surface area (Å²) in [5.74, 6) is -1.21. The predicted molar refractivity (Wildman–Crippen MR) is 74.4 cm³/mol. The molecular weight excluding hydrogens is 330 g/mol. The number of aromatic carboxylic acids is 1. The number of nitro benzene ring substituents is 1. The van der Waals surface area contributed by atoms with Gasteiger partial charge in [0, 0.05) is 6.07 Å². The Balaban J connectivity index is 2.70. The van der Waals surface area contributed by atoms with Crippen molar-refractivity contribution in [2.45, 2.75) is 13.8 Å². The van der Waals surface area contributed by atoms with Crippen LogP contribution in [0.15, 0.2) is 22.7 Å². The lowest BCUT2D eigenvalue weighted by molar-refractivity contribution is -0.384. The molecule has 0 unspecified atom stereocenters. The van der Waals surface area contributed by atoms with Crippen molar-refractivity contribution < 1.29 is 14.8 Å². The molecule has 1 heterocycles. The van der Waals surface area contributed by atoms with Crippen LogP contribution < -0.4 is 0 Å². The highest BCUT2D eigenvalue weighted by atomic mass is 79.9. The number of carboxylic acids is 1. The van der Waals surface area contributed by atoms with Gasteiger partial charge >= 0.3 is 5.97 Å². The van der Waals surface area contributed by atoms with E-state index in [1.54, 1.807) is 13.8 Å². The van der Waals surface area contributed by atoms with Crippen LogP contribution in [0.4, 0.5) is 5.69 Å². The number of hydrogen-bond acceptors (Lipinski definition) is 4. The molecule has 0 saturated carbocycles. The maximum Gasteiger partial charge on any atom is 0.335 e. The first kappa shape index (κ1) is 14.2. The molecule has 0 aliphatic carbocycles. The maximum atomic E-state index is 11.1. The van der Waals surface area contributed by atoms with Crippen molar-refractivity contribution in [1.29, 1.82) is 0 Å². The second kappa shape index (κ2) is 5.04. The number of aryl methyl sites for hydroxylation is 1. The fourth-order valence-corrected chi connectivity index (χ4v) is 2.09. The van der Waals surface area contributed by atoms with E-state index in [0.717, 1.165) is 10.5 Å². The minimum Gasteiger partial charge on any atom is -0.478 e. The topological polar surface area (TPSA) is 98.3 Å². The van der Waals surface area contributed by atoms with Gasteiger partial charge in [0.05, 0.1) is 26.3 Å². The summed E-state index contributed by atoms with van der Waals surface area (Å²) in [7, 11) is 0. The number of carbonyl (C=O) groups is 1. The number of rotatable bonds is 3. The average molecular weight is 340 g/mol. The SMILES string of the molecule is Cc1nn(-c2ccc(C(=O)O)cc2[N+](=O)[O-])c(C)c1Br. The van der Waals surface area contributed by atoms with Crippen LogP contribution in [0.5, 0.6) is 0 Å². The van der Waals surface area contributed by atoms with Gasteiger partial charge in [0.1, 0.15) is 5.69 Å². The first-order valence-electron chi connectivity index (χ1n) is 5.56. The molecule has 20 heavy (non-hydrogen) atoms. The van der Waals surface area contributed by atoms with Crippen molar-refractivity contribution in [2.24, 2.45) is 0 Å². The van der Waals surface area contributed by atoms with E-state index >= 15 is 0 Å². The Morgan fingerprint density at radius 3 is 2.55 bits per heavy atom. The minimum atomic E-state index is -1.21. The molecule has 0 amide bonds. The molecule has 0 spiro atoms. The Kier molecular flexibility index (Phi) is 3.58. The van der Waals surface area contributed by atoms with E-state index in [1.807, 2.05) is 0 Å². The highest BCUT2D eigenvalue weighted by molar-refractivity contribution is 9.10. The van der Waals surface area contributed by atoms with Gasteiger partial charge in [0.2, 0.25) is 0 Å². The number of aromatic nitrogens is 2. The van der Waals surface area contributed by atoms with Gasteiger partial charge in [0.25, 0.3) is 5.69 Å². The van der Waals surface area contributed by atoms with Crippen molar-refractivity contribution in [3.05, 3.63) is 49.7 Å². The molecule has 0 saturated heterocycles. The van der Waals surface area contributed by atoms with Gasteiger partial charge in [0.15, 0.2) is 0 Å². The van der Waals surface area contributed by atoms with Gasteiger partial charge in [-0.3, -0.25) is 10.1 Å². The Morgan fingerprint density at radius 2 is 2.10 bits per heavy atom. The van der Waals surface area contributed by atoms with E-state index in [4.69, 9.17) is 5.11 Å². The molecule has 0 aliphatic rings. The molecule has 2 rings (SSSR count). The predicted octanol–water partition coefficient (Wildman–Crippen LogP) is 2.86. The number of nitrogens with zero attached hydrogens (tertiary/aromatic N) is 3. The molecule has 7 nitrogen and oxygen atoms in total. The zero-order chi connectivity index (χ0) is 15.0. The number of hydrogen-bond donors (Lipinski definition) is 1. The Bertz CT molecular complexity index is 724. The summed E-state index contributed by atoms with van der Waals surface area (Å²) in [6.07, 6.45) is 0. The van der Waals surface area contributed by atoms with E-state index in [-0.39, 0.29) is 16.9 Å².